The summed E-state index contributed by atoms with van der Waals surface area (Å²) in [5.74, 6) is 0.719. The van der Waals surface area contributed by atoms with Gasteiger partial charge in [-0.1, -0.05) is 37.9 Å². The Hall–Kier alpha value is -4.65. The minimum absolute atomic E-state index is 0.130. The Labute approximate surface area is 292 Å². The Bertz CT molecular complexity index is 1610. The lowest BCUT2D eigenvalue weighted by molar-refractivity contribution is -0.130. The molecule has 3 N–H and O–H groups in total. The maximum absolute atomic E-state index is 13.6. The monoisotopic (exact) mass is 695 g/mol. The lowest BCUT2D eigenvalue weighted by atomic mass is 9.97. The van der Waals surface area contributed by atoms with Crippen LogP contribution in [0.15, 0.2) is 42.5 Å². The number of amides is 4. The number of carbonyl (C=O) groups is 4. The third-order valence-electron chi connectivity index (χ3n) is 8.54. The highest BCUT2D eigenvalue weighted by molar-refractivity contribution is 6.30. The molecular weight excluding hydrogens is 650 g/mol. The molecule has 1 aliphatic heterocycles. The second-order valence-corrected chi connectivity index (χ2v) is 12.6. The normalized spacial score (nSPS) is 19.0. The summed E-state index contributed by atoms with van der Waals surface area (Å²) in [6.07, 6.45) is 2.02. The predicted octanol–water partition coefficient (Wildman–Crippen LogP) is 3.69. The molecule has 3 atom stereocenters. The predicted molar refractivity (Wildman–Crippen MR) is 185 cm³/mol. The van der Waals surface area contributed by atoms with E-state index in [9.17, 15) is 19.2 Å². The molecule has 264 valence electrons. The van der Waals surface area contributed by atoms with Crippen LogP contribution >= 0.6 is 11.6 Å². The lowest BCUT2D eigenvalue weighted by Gasteiger charge is -2.26. The summed E-state index contributed by atoms with van der Waals surface area (Å²) in [7, 11) is 3.12. The summed E-state index contributed by atoms with van der Waals surface area (Å²) in [4.78, 5) is 59.7. The highest BCUT2D eigenvalue weighted by atomic mass is 35.5. The second kappa shape index (κ2) is 17.7. The van der Waals surface area contributed by atoms with Gasteiger partial charge in [-0.15, -0.1) is 0 Å². The van der Waals surface area contributed by atoms with Crippen LogP contribution in [0.1, 0.15) is 80.1 Å². The van der Waals surface area contributed by atoms with Gasteiger partial charge in [0.15, 0.2) is 17.3 Å². The number of halogens is 1. The highest BCUT2D eigenvalue weighted by Gasteiger charge is 2.29. The van der Waals surface area contributed by atoms with Crippen molar-refractivity contribution >= 4 is 35.2 Å². The number of fused-ring (bicyclic) bond motifs is 1. The summed E-state index contributed by atoms with van der Waals surface area (Å²) < 4.78 is 12.3. The summed E-state index contributed by atoms with van der Waals surface area (Å²) >= 11 is 6.02. The van der Waals surface area contributed by atoms with Crippen molar-refractivity contribution in [1.82, 2.24) is 35.6 Å². The number of hydrogen-bond donors (Lipinski definition) is 3. The molecule has 0 spiro atoms. The first-order valence-corrected chi connectivity index (χ1v) is 17.0. The van der Waals surface area contributed by atoms with Crippen LogP contribution in [0.2, 0.25) is 5.02 Å². The molecule has 0 saturated carbocycles. The van der Waals surface area contributed by atoms with Crippen LogP contribution in [0.5, 0.6) is 11.5 Å². The molecule has 0 fully saturated rings. The van der Waals surface area contributed by atoms with Crippen LogP contribution in [0.4, 0.5) is 0 Å². The van der Waals surface area contributed by atoms with E-state index in [1.54, 1.807) is 56.4 Å². The third kappa shape index (κ3) is 10.2. The van der Waals surface area contributed by atoms with E-state index in [4.69, 9.17) is 26.1 Å². The maximum Gasteiger partial charge on any atom is 0.253 e. The summed E-state index contributed by atoms with van der Waals surface area (Å²) in [6, 6.07) is 10.7. The number of ether oxygens (including phenoxy) is 2. The fourth-order valence-corrected chi connectivity index (χ4v) is 5.74. The van der Waals surface area contributed by atoms with Gasteiger partial charge in [0.1, 0.15) is 18.4 Å². The first-order chi connectivity index (χ1) is 23.5. The van der Waals surface area contributed by atoms with Crippen molar-refractivity contribution in [2.75, 3.05) is 33.9 Å². The number of benzene rings is 2. The summed E-state index contributed by atoms with van der Waals surface area (Å²) in [6.45, 7) is 6.50. The number of nitrogens with zero attached hydrogens (tertiary/aromatic N) is 4. The number of aromatic nitrogens is 3. The number of rotatable bonds is 7. The van der Waals surface area contributed by atoms with Crippen LogP contribution in [-0.2, 0) is 27.3 Å². The van der Waals surface area contributed by atoms with Gasteiger partial charge in [0.25, 0.3) is 5.91 Å². The number of hydrogen-bond acceptors (Lipinski definition) is 8. The van der Waals surface area contributed by atoms with Crippen molar-refractivity contribution in [3.05, 3.63) is 70.3 Å². The fraction of sp³-hybridized carbons (Fsp3) is 0.486. The zero-order valence-corrected chi connectivity index (χ0v) is 29.5. The van der Waals surface area contributed by atoms with E-state index in [1.807, 2.05) is 26.0 Å². The molecule has 0 unspecified atom stereocenters. The van der Waals surface area contributed by atoms with E-state index < -0.39 is 12.1 Å². The summed E-state index contributed by atoms with van der Waals surface area (Å²) in [5.41, 5.74) is 1.34. The third-order valence-corrected chi connectivity index (χ3v) is 8.79. The molecule has 0 saturated heterocycles. The van der Waals surface area contributed by atoms with Crippen molar-refractivity contribution in [1.29, 1.82) is 0 Å². The smallest absolute Gasteiger partial charge is 0.253 e. The van der Waals surface area contributed by atoms with E-state index in [0.717, 1.165) is 5.56 Å². The van der Waals surface area contributed by atoms with E-state index in [0.29, 0.717) is 79.1 Å². The molecule has 3 aromatic rings. The van der Waals surface area contributed by atoms with Crippen LogP contribution in [0.25, 0.3) is 0 Å². The van der Waals surface area contributed by atoms with Crippen LogP contribution < -0.4 is 25.4 Å². The zero-order chi connectivity index (χ0) is 35.5. The van der Waals surface area contributed by atoms with Crippen molar-refractivity contribution in [3.63, 3.8) is 0 Å². The van der Waals surface area contributed by atoms with Crippen LogP contribution in [-0.4, -0.2) is 83.2 Å². The first-order valence-electron chi connectivity index (χ1n) is 16.6. The molecule has 0 radical (unpaired) electrons. The molecule has 1 aromatic heterocycles. The molecule has 4 rings (SSSR count). The molecule has 1 aliphatic rings. The minimum Gasteiger partial charge on any atom is -0.493 e. The number of carbonyl (C=O) groups excluding carboxylic acids is 4. The van der Waals surface area contributed by atoms with Gasteiger partial charge in [0, 0.05) is 43.1 Å². The molecule has 49 heavy (non-hydrogen) atoms. The Morgan fingerprint density at radius 3 is 2.41 bits per heavy atom. The minimum atomic E-state index is -0.795. The topological polar surface area (TPSA) is 157 Å². The largest absolute Gasteiger partial charge is 0.493 e. The van der Waals surface area contributed by atoms with Crippen molar-refractivity contribution in [2.45, 2.75) is 71.5 Å². The van der Waals surface area contributed by atoms with Crippen LogP contribution in [0, 0.1) is 5.92 Å². The molecule has 13 nitrogen and oxygen atoms in total. The van der Waals surface area contributed by atoms with Crippen molar-refractivity contribution < 1.29 is 28.7 Å². The van der Waals surface area contributed by atoms with Crippen LogP contribution in [0.3, 0.4) is 0 Å². The average Bonchev–Trinajstić information content (AvgIpc) is 3.48. The van der Waals surface area contributed by atoms with Gasteiger partial charge in [-0.05, 0) is 67.6 Å². The fourth-order valence-electron chi connectivity index (χ4n) is 5.61. The molecule has 0 aliphatic carbocycles. The lowest BCUT2D eigenvalue weighted by Crippen LogP contribution is -2.51. The highest BCUT2D eigenvalue weighted by Crippen LogP contribution is 2.28. The van der Waals surface area contributed by atoms with Gasteiger partial charge in [-0.25, -0.2) is 9.67 Å². The molecular formula is C35H46ClN7O6. The van der Waals surface area contributed by atoms with Gasteiger partial charge in [0.05, 0.1) is 20.3 Å². The number of nitrogens with one attached hydrogen (secondary N) is 3. The van der Waals surface area contributed by atoms with Crippen molar-refractivity contribution in [2.24, 2.45) is 5.92 Å². The first kappa shape index (κ1) is 37.2. The molecule has 2 heterocycles. The quantitative estimate of drug-likeness (QED) is 0.338. The average molecular weight is 696 g/mol. The zero-order valence-electron chi connectivity index (χ0n) is 28.8. The van der Waals surface area contributed by atoms with Gasteiger partial charge in [-0.2, -0.15) is 5.10 Å². The number of methoxy groups -OCH3 is 2. The van der Waals surface area contributed by atoms with E-state index >= 15 is 0 Å². The van der Waals surface area contributed by atoms with Gasteiger partial charge >= 0.3 is 0 Å². The molecule has 4 amide bonds. The van der Waals surface area contributed by atoms with E-state index in [2.05, 4.69) is 21.0 Å². The molecule has 0 bridgehead atoms. The van der Waals surface area contributed by atoms with E-state index in [-0.39, 0.29) is 42.5 Å². The second-order valence-electron chi connectivity index (χ2n) is 12.2. The Morgan fingerprint density at radius 2 is 1.71 bits per heavy atom. The summed E-state index contributed by atoms with van der Waals surface area (Å²) in [5, 5.41) is 14.0. The Morgan fingerprint density at radius 1 is 1.00 bits per heavy atom. The van der Waals surface area contributed by atoms with Crippen molar-refractivity contribution in [3.8, 4) is 11.5 Å². The Balaban J connectivity index is 1.60. The maximum atomic E-state index is 13.6. The standard InChI is InChI=1S/C35H46ClN7O6/c1-6-22(2)32-34(46)38-23(3)33-39-29(20-24-10-15-27(48-4)28(19-24)49-5)41-43(33)21-31(45)37-16-8-18-42(17-7-9-30(44)40-32)35(47)25-11-13-26(36)14-12-25/h10-15,19,22-23,32H,6-9,16-18,20-21H2,1-5H3,(H,37,45)(H,38,46)(H,40,44)/t22-,23+,32-/m0/s1. The SMILES string of the molecule is CC[C@H](C)[C@@H]1NC(=O)CCCN(C(=O)c2ccc(Cl)cc2)CCCNC(=O)Cn2nc(Cc3ccc(OC)c(OC)c3)nc2[C@@H](C)NC1=O. The van der Waals surface area contributed by atoms with Gasteiger partial charge < -0.3 is 30.3 Å². The van der Waals surface area contributed by atoms with Gasteiger partial charge in [-0.3, -0.25) is 19.2 Å². The molecule has 14 heteroatoms. The van der Waals surface area contributed by atoms with Gasteiger partial charge in [0.2, 0.25) is 17.7 Å². The molecule has 2 aromatic carbocycles. The van der Waals surface area contributed by atoms with E-state index in [1.165, 1.54) is 4.68 Å². The Kier molecular flexibility index (Phi) is 13.4.